The summed E-state index contributed by atoms with van der Waals surface area (Å²) in [4.78, 5) is 11.2. The van der Waals surface area contributed by atoms with Crippen LogP contribution >= 0.6 is 0 Å². The molecule has 0 aromatic heterocycles. The zero-order valence-corrected chi connectivity index (χ0v) is 12.6. The highest BCUT2D eigenvalue weighted by Crippen LogP contribution is 2.26. The predicted molar refractivity (Wildman–Crippen MR) is 82.9 cm³/mol. The first-order chi connectivity index (χ1) is 9.88. The number of carboxylic acids is 1. The second-order valence-electron chi connectivity index (χ2n) is 6.03. The molecule has 0 unspecified atom stereocenters. The van der Waals surface area contributed by atoms with E-state index in [2.05, 4.69) is 26.8 Å². The number of carboxylic acid groups (broad SMARTS) is 1. The molecule has 0 amide bonds. The smallest absolute Gasteiger partial charge is 0.336 e. The Morgan fingerprint density at radius 2 is 1.81 bits per heavy atom. The van der Waals surface area contributed by atoms with Crippen molar-refractivity contribution in [2.75, 3.05) is 0 Å². The van der Waals surface area contributed by atoms with Crippen molar-refractivity contribution < 1.29 is 14.6 Å². The third-order valence-electron chi connectivity index (χ3n) is 3.34. The van der Waals surface area contributed by atoms with Crippen molar-refractivity contribution >= 4 is 5.97 Å². The molecular formula is C18H20O3. The number of benzene rings is 2. The molecule has 21 heavy (non-hydrogen) atoms. The molecule has 0 heterocycles. The van der Waals surface area contributed by atoms with Crippen LogP contribution in [0.3, 0.4) is 0 Å². The first kappa shape index (κ1) is 15.1. The van der Waals surface area contributed by atoms with Gasteiger partial charge in [0, 0.05) is 5.56 Å². The van der Waals surface area contributed by atoms with Gasteiger partial charge < -0.3 is 9.84 Å². The van der Waals surface area contributed by atoms with Crippen LogP contribution in [0.4, 0.5) is 0 Å². The van der Waals surface area contributed by atoms with Gasteiger partial charge in [0.25, 0.3) is 0 Å². The molecule has 0 aliphatic rings. The molecule has 1 N–H and O–H groups in total. The second-order valence-corrected chi connectivity index (χ2v) is 6.03. The van der Waals surface area contributed by atoms with Crippen LogP contribution in [0, 0.1) is 0 Å². The van der Waals surface area contributed by atoms with Gasteiger partial charge in [0.15, 0.2) is 0 Å². The Kier molecular flexibility index (Phi) is 4.32. The molecule has 0 saturated carbocycles. The summed E-state index contributed by atoms with van der Waals surface area (Å²) in [7, 11) is 0. The quantitative estimate of drug-likeness (QED) is 0.912. The minimum absolute atomic E-state index is 0.0539. The van der Waals surface area contributed by atoms with Crippen molar-refractivity contribution in [3.8, 4) is 5.75 Å². The fraction of sp³-hybridized carbons (Fsp3) is 0.278. The summed E-state index contributed by atoms with van der Waals surface area (Å²) >= 11 is 0. The average Bonchev–Trinajstić information content (AvgIpc) is 2.45. The highest BCUT2D eigenvalue weighted by molar-refractivity contribution is 5.89. The lowest BCUT2D eigenvalue weighted by Gasteiger charge is -2.20. The molecule has 0 aliphatic carbocycles. The lowest BCUT2D eigenvalue weighted by atomic mass is 9.87. The molecule has 0 bridgehead atoms. The number of hydrogen-bond acceptors (Lipinski definition) is 2. The molecule has 0 fully saturated rings. The van der Waals surface area contributed by atoms with Crippen molar-refractivity contribution in [1.29, 1.82) is 0 Å². The summed E-state index contributed by atoms with van der Waals surface area (Å²) in [6.07, 6.45) is 0. The van der Waals surface area contributed by atoms with Gasteiger partial charge in [-0.2, -0.15) is 0 Å². The van der Waals surface area contributed by atoms with Crippen LogP contribution in [-0.2, 0) is 12.0 Å². The fourth-order valence-corrected chi connectivity index (χ4v) is 2.07. The first-order valence-electron chi connectivity index (χ1n) is 6.92. The maximum atomic E-state index is 11.2. The molecule has 0 radical (unpaired) electrons. The molecule has 3 nitrogen and oxygen atoms in total. The van der Waals surface area contributed by atoms with Crippen molar-refractivity contribution in [3.63, 3.8) is 0 Å². The Morgan fingerprint density at radius 3 is 2.48 bits per heavy atom. The number of carbonyl (C=O) groups is 1. The molecule has 0 aliphatic heterocycles. The van der Waals surface area contributed by atoms with E-state index >= 15 is 0 Å². The lowest BCUT2D eigenvalue weighted by molar-refractivity contribution is 0.0694. The first-order valence-corrected chi connectivity index (χ1v) is 6.92. The van der Waals surface area contributed by atoms with E-state index in [1.54, 1.807) is 18.2 Å². The second kappa shape index (κ2) is 6.00. The van der Waals surface area contributed by atoms with Crippen molar-refractivity contribution in [2.24, 2.45) is 0 Å². The SMILES string of the molecule is CC(C)(C)c1cccc(OCc2ccccc2C(=O)O)c1. The van der Waals surface area contributed by atoms with E-state index < -0.39 is 5.97 Å². The Bertz CT molecular complexity index is 639. The van der Waals surface area contributed by atoms with Gasteiger partial charge in [0.1, 0.15) is 12.4 Å². The van der Waals surface area contributed by atoms with Crippen LogP contribution in [0.25, 0.3) is 0 Å². The van der Waals surface area contributed by atoms with Crippen molar-refractivity contribution in [2.45, 2.75) is 32.8 Å². The highest BCUT2D eigenvalue weighted by atomic mass is 16.5. The molecule has 0 atom stereocenters. The number of aromatic carboxylic acids is 1. The zero-order valence-electron chi connectivity index (χ0n) is 12.6. The largest absolute Gasteiger partial charge is 0.489 e. The van der Waals surface area contributed by atoms with Gasteiger partial charge in [-0.15, -0.1) is 0 Å². The van der Waals surface area contributed by atoms with E-state index in [9.17, 15) is 4.79 Å². The topological polar surface area (TPSA) is 46.5 Å². The number of ether oxygens (including phenoxy) is 1. The summed E-state index contributed by atoms with van der Waals surface area (Å²) in [5.74, 6) is -0.180. The Labute approximate surface area is 125 Å². The van der Waals surface area contributed by atoms with Gasteiger partial charge in [0.05, 0.1) is 5.56 Å². The third kappa shape index (κ3) is 3.85. The van der Waals surface area contributed by atoms with E-state index in [0.717, 1.165) is 5.75 Å². The summed E-state index contributed by atoms with van der Waals surface area (Å²) in [5, 5.41) is 9.16. The van der Waals surface area contributed by atoms with Crippen molar-refractivity contribution in [1.82, 2.24) is 0 Å². The molecule has 0 saturated heterocycles. The predicted octanol–water partition coefficient (Wildman–Crippen LogP) is 4.26. The van der Waals surface area contributed by atoms with Gasteiger partial charge in [-0.1, -0.05) is 51.1 Å². The number of hydrogen-bond donors (Lipinski definition) is 1. The van der Waals surface area contributed by atoms with Crippen LogP contribution < -0.4 is 4.74 Å². The van der Waals surface area contributed by atoms with E-state index in [0.29, 0.717) is 5.56 Å². The fourth-order valence-electron chi connectivity index (χ4n) is 2.07. The normalized spacial score (nSPS) is 11.2. The standard InChI is InChI=1S/C18H20O3/c1-18(2,3)14-8-6-9-15(11-14)21-12-13-7-4-5-10-16(13)17(19)20/h4-11H,12H2,1-3H3,(H,19,20). The molecule has 110 valence electrons. The third-order valence-corrected chi connectivity index (χ3v) is 3.34. The van der Waals surface area contributed by atoms with Crippen LogP contribution in [-0.4, -0.2) is 11.1 Å². The Morgan fingerprint density at radius 1 is 1.10 bits per heavy atom. The molecule has 3 heteroatoms. The molecule has 2 aromatic rings. The van der Waals surface area contributed by atoms with Crippen LogP contribution in [0.5, 0.6) is 5.75 Å². The van der Waals surface area contributed by atoms with Crippen LogP contribution in [0.2, 0.25) is 0 Å². The van der Waals surface area contributed by atoms with Crippen LogP contribution in [0.15, 0.2) is 48.5 Å². The minimum atomic E-state index is -0.933. The van der Waals surface area contributed by atoms with E-state index in [1.165, 1.54) is 5.56 Å². The Balaban J connectivity index is 2.16. The van der Waals surface area contributed by atoms with Gasteiger partial charge in [-0.25, -0.2) is 4.79 Å². The van der Waals surface area contributed by atoms with Gasteiger partial charge in [0.2, 0.25) is 0 Å². The lowest BCUT2D eigenvalue weighted by Crippen LogP contribution is -2.11. The Hall–Kier alpha value is -2.29. The maximum absolute atomic E-state index is 11.2. The zero-order chi connectivity index (χ0) is 15.5. The summed E-state index contributed by atoms with van der Waals surface area (Å²) in [6, 6.07) is 14.8. The van der Waals surface area contributed by atoms with Crippen LogP contribution in [0.1, 0.15) is 42.3 Å². The molecule has 0 spiro atoms. The van der Waals surface area contributed by atoms with Crippen molar-refractivity contribution in [3.05, 3.63) is 65.2 Å². The van der Waals surface area contributed by atoms with Gasteiger partial charge in [-0.05, 0) is 29.2 Å². The summed E-state index contributed by atoms with van der Waals surface area (Å²) < 4.78 is 5.76. The minimum Gasteiger partial charge on any atom is -0.489 e. The summed E-state index contributed by atoms with van der Waals surface area (Å²) in [5.41, 5.74) is 2.19. The molecule has 2 rings (SSSR count). The van der Waals surface area contributed by atoms with E-state index in [-0.39, 0.29) is 17.6 Å². The monoisotopic (exact) mass is 284 g/mol. The number of rotatable bonds is 4. The van der Waals surface area contributed by atoms with E-state index in [4.69, 9.17) is 9.84 Å². The van der Waals surface area contributed by atoms with Gasteiger partial charge in [-0.3, -0.25) is 0 Å². The van der Waals surface area contributed by atoms with Gasteiger partial charge >= 0.3 is 5.97 Å². The maximum Gasteiger partial charge on any atom is 0.336 e. The summed E-state index contributed by atoms with van der Waals surface area (Å²) in [6.45, 7) is 6.68. The molecule has 2 aromatic carbocycles. The molecular weight excluding hydrogens is 264 g/mol. The average molecular weight is 284 g/mol. The van der Waals surface area contributed by atoms with E-state index in [1.807, 2.05) is 24.3 Å². The highest BCUT2D eigenvalue weighted by Gasteiger charge is 2.14.